The predicted molar refractivity (Wildman–Crippen MR) is 120 cm³/mol. The molecule has 0 radical (unpaired) electrons. The zero-order valence-corrected chi connectivity index (χ0v) is 19.8. The average Bonchev–Trinajstić information content (AvgIpc) is 2.73. The molecule has 1 aromatic rings. The molecule has 0 bridgehead atoms. The fraction of sp³-hybridized carbons (Fsp3) is 0.500. The molecule has 1 unspecified atom stereocenters. The van der Waals surface area contributed by atoms with Gasteiger partial charge in [0.05, 0.1) is 29.6 Å². The summed E-state index contributed by atoms with van der Waals surface area (Å²) in [6, 6.07) is 3.20. The Bertz CT molecular complexity index is 901. The third-order valence-corrected chi connectivity index (χ3v) is 5.25. The van der Waals surface area contributed by atoms with Gasteiger partial charge in [0.15, 0.2) is 6.10 Å². The van der Waals surface area contributed by atoms with Crippen LogP contribution >= 0.6 is 23.2 Å². The van der Waals surface area contributed by atoms with E-state index in [-0.39, 0.29) is 23.1 Å². The monoisotopic (exact) mass is 502 g/mol. The quantitative estimate of drug-likeness (QED) is 0.410. The van der Waals surface area contributed by atoms with Gasteiger partial charge in [0, 0.05) is 12.1 Å². The normalized spacial score (nSPS) is 17.8. The number of methoxy groups -OCH3 is 1. The molecular weight excluding hydrogens is 478 g/mol. The first-order valence-electron chi connectivity index (χ1n) is 10.1. The van der Waals surface area contributed by atoms with Crippen molar-refractivity contribution in [1.29, 1.82) is 0 Å². The average molecular weight is 503 g/mol. The molecule has 3 N–H and O–H groups in total. The number of ether oxygens (including phenoxy) is 1. The van der Waals surface area contributed by atoms with Crippen molar-refractivity contribution in [3.63, 3.8) is 0 Å². The van der Waals surface area contributed by atoms with Gasteiger partial charge in [-0.1, -0.05) is 37.0 Å². The summed E-state index contributed by atoms with van der Waals surface area (Å²) in [6.07, 6.45) is -1.51. The summed E-state index contributed by atoms with van der Waals surface area (Å²) in [5.74, 6) is -4.19. The highest BCUT2D eigenvalue weighted by Gasteiger charge is 2.44. The third kappa shape index (κ3) is 7.88. The van der Waals surface area contributed by atoms with E-state index in [1.54, 1.807) is 0 Å². The highest BCUT2D eigenvalue weighted by molar-refractivity contribution is 6.50. The van der Waals surface area contributed by atoms with Crippen LogP contribution in [0.3, 0.4) is 0 Å². The van der Waals surface area contributed by atoms with Gasteiger partial charge in [0.25, 0.3) is 11.9 Å². The maximum absolute atomic E-state index is 13.0. The van der Waals surface area contributed by atoms with E-state index in [2.05, 4.69) is 10.6 Å². The second-order valence-corrected chi connectivity index (χ2v) is 8.72. The van der Waals surface area contributed by atoms with Crippen molar-refractivity contribution in [3.05, 3.63) is 33.8 Å². The van der Waals surface area contributed by atoms with E-state index >= 15 is 0 Å². The molecule has 2 rings (SSSR count). The zero-order valence-electron chi connectivity index (χ0n) is 18.3. The summed E-state index contributed by atoms with van der Waals surface area (Å²) in [5, 5.41) is 14.9. The molecule has 10 nitrogen and oxygen atoms in total. The maximum atomic E-state index is 13.0. The van der Waals surface area contributed by atoms with E-state index in [0.717, 1.165) is 0 Å². The second-order valence-electron chi connectivity index (χ2n) is 7.88. The van der Waals surface area contributed by atoms with Gasteiger partial charge >= 0.3 is 13.1 Å². The highest BCUT2D eigenvalue weighted by atomic mass is 35.5. The number of nitrogens with one attached hydrogen (secondary N) is 2. The smallest absolute Gasteiger partial charge is 0.508 e. The van der Waals surface area contributed by atoms with Gasteiger partial charge in [-0.15, -0.1) is 0 Å². The van der Waals surface area contributed by atoms with Gasteiger partial charge in [0.1, 0.15) is 6.04 Å². The molecule has 1 heterocycles. The minimum absolute atomic E-state index is 0.0311. The van der Waals surface area contributed by atoms with Crippen molar-refractivity contribution >= 4 is 54.1 Å². The zero-order chi connectivity index (χ0) is 24.7. The first-order valence-corrected chi connectivity index (χ1v) is 10.9. The van der Waals surface area contributed by atoms with Crippen LogP contribution in [0.1, 0.15) is 37.0 Å². The fourth-order valence-corrected chi connectivity index (χ4v) is 3.55. The van der Waals surface area contributed by atoms with E-state index in [4.69, 9.17) is 37.2 Å². The molecule has 180 valence electrons. The minimum atomic E-state index is -1.39. The lowest BCUT2D eigenvalue weighted by Gasteiger charge is -2.31. The van der Waals surface area contributed by atoms with Crippen LogP contribution in [0.4, 0.5) is 0 Å². The molecule has 33 heavy (non-hydrogen) atoms. The van der Waals surface area contributed by atoms with E-state index in [0.29, 0.717) is 11.4 Å². The van der Waals surface area contributed by atoms with Crippen molar-refractivity contribution in [1.82, 2.24) is 10.6 Å². The molecular formula is C20H25BCl2N2O8. The summed E-state index contributed by atoms with van der Waals surface area (Å²) in [7, 11) is 0.0495. The molecule has 0 saturated carbocycles. The van der Waals surface area contributed by atoms with Crippen molar-refractivity contribution in [2.45, 2.75) is 44.8 Å². The molecule has 1 saturated heterocycles. The van der Waals surface area contributed by atoms with E-state index in [9.17, 15) is 24.3 Å². The number of amides is 2. The van der Waals surface area contributed by atoms with E-state index in [1.165, 1.54) is 25.3 Å². The molecule has 1 aliphatic heterocycles. The second kappa shape index (κ2) is 12.2. The van der Waals surface area contributed by atoms with Gasteiger partial charge in [-0.2, -0.15) is 0 Å². The predicted octanol–water partition coefficient (Wildman–Crippen LogP) is 1.71. The molecule has 0 spiro atoms. The first-order chi connectivity index (χ1) is 15.5. The summed E-state index contributed by atoms with van der Waals surface area (Å²) in [6.45, 7) is 3.56. The standard InChI is InChI=1S/C20H25BCl2N2O8/c1-10(2)6-16(21-32-15(20(29)30)8-17(26)33-21)25-19(28)14(9-31-3)24-18(27)12-7-11(22)4-5-13(12)23/h4-5,7,10,14-16H,6,8-9H2,1-3H3,(H,24,27)(H,25,28)(H,29,30)/t14-,15?,16-/m0/s1. The Kier molecular flexibility index (Phi) is 9.96. The lowest BCUT2D eigenvalue weighted by molar-refractivity contribution is -0.157. The summed E-state index contributed by atoms with van der Waals surface area (Å²) < 4.78 is 15.6. The number of benzene rings is 1. The number of rotatable bonds is 10. The van der Waals surface area contributed by atoms with Crippen LogP contribution < -0.4 is 10.6 Å². The molecule has 1 aromatic carbocycles. The van der Waals surface area contributed by atoms with Gasteiger partial charge in [0.2, 0.25) is 5.91 Å². The number of carbonyl (C=O) groups excluding carboxylic acids is 3. The molecule has 3 atom stereocenters. The van der Waals surface area contributed by atoms with Gasteiger partial charge < -0.3 is 29.8 Å². The summed E-state index contributed by atoms with van der Waals surface area (Å²) in [4.78, 5) is 48.9. The molecule has 0 aliphatic carbocycles. The van der Waals surface area contributed by atoms with Crippen molar-refractivity contribution < 1.29 is 38.3 Å². The Labute approximate surface area is 201 Å². The largest absolute Gasteiger partial charge is 0.551 e. The fourth-order valence-electron chi connectivity index (χ4n) is 3.18. The Morgan fingerprint density at radius 3 is 2.58 bits per heavy atom. The Morgan fingerprint density at radius 1 is 1.27 bits per heavy atom. The van der Waals surface area contributed by atoms with Crippen molar-refractivity contribution in [2.75, 3.05) is 13.7 Å². The Morgan fingerprint density at radius 2 is 1.97 bits per heavy atom. The van der Waals surface area contributed by atoms with Gasteiger partial charge in [-0.05, 0) is 30.5 Å². The van der Waals surface area contributed by atoms with Crippen molar-refractivity contribution in [3.8, 4) is 0 Å². The topological polar surface area (TPSA) is 140 Å². The number of hydrogen-bond donors (Lipinski definition) is 3. The maximum Gasteiger partial charge on any atom is 0.551 e. The van der Waals surface area contributed by atoms with Gasteiger partial charge in [-0.3, -0.25) is 14.4 Å². The number of aliphatic carboxylic acids is 1. The number of halogens is 2. The van der Waals surface area contributed by atoms with Crippen LogP contribution in [0, 0.1) is 5.92 Å². The van der Waals surface area contributed by atoms with Crippen LogP contribution in [0.25, 0.3) is 0 Å². The highest BCUT2D eigenvalue weighted by Crippen LogP contribution is 2.21. The molecule has 2 amide bonds. The Hall–Kier alpha value is -2.34. The lowest BCUT2D eigenvalue weighted by Crippen LogP contribution is -2.59. The Balaban J connectivity index is 2.18. The summed E-state index contributed by atoms with van der Waals surface area (Å²) in [5.41, 5.74) is 0.0747. The van der Waals surface area contributed by atoms with Crippen LogP contribution in [-0.4, -0.2) is 67.8 Å². The van der Waals surface area contributed by atoms with Crippen LogP contribution in [-0.2, 0) is 28.4 Å². The minimum Gasteiger partial charge on any atom is -0.508 e. The number of carboxylic acids is 1. The number of hydrogen-bond acceptors (Lipinski definition) is 7. The molecule has 13 heteroatoms. The third-order valence-electron chi connectivity index (χ3n) is 4.68. The molecule has 1 aliphatic rings. The lowest BCUT2D eigenvalue weighted by atomic mass is 9.72. The van der Waals surface area contributed by atoms with E-state index < -0.39 is 55.4 Å². The van der Waals surface area contributed by atoms with Gasteiger partial charge in [-0.25, -0.2) is 4.79 Å². The summed E-state index contributed by atoms with van der Waals surface area (Å²) >= 11 is 12.0. The number of carbonyl (C=O) groups is 4. The molecule has 0 aromatic heterocycles. The van der Waals surface area contributed by atoms with Crippen molar-refractivity contribution in [2.24, 2.45) is 5.92 Å². The first kappa shape index (κ1) is 26.9. The SMILES string of the molecule is COC[C@H](NC(=O)c1cc(Cl)ccc1Cl)C(=O)N[C@@H](CC(C)C)B1OC(=O)CC(C(=O)O)O1. The number of carboxylic acid groups (broad SMARTS) is 1. The molecule has 1 fully saturated rings. The van der Waals surface area contributed by atoms with Crippen LogP contribution in [0.15, 0.2) is 18.2 Å². The van der Waals surface area contributed by atoms with Crippen LogP contribution in [0.5, 0.6) is 0 Å². The van der Waals surface area contributed by atoms with Crippen LogP contribution in [0.2, 0.25) is 10.0 Å². The van der Waals surface area contributed by atoms with E-state index in [1.807, 2.05) is 13.8 Å².